The van der Waals surface area contributed by atoms with Gasteiger partial charge in [-0.1, -0.05) is 0 Å². The lowest BCUT2D eigenvalue weighted by Gasteiger charge is -2.08. The molecule has 2 heterocycles. The second-order valence-electron chi connectivity index (χ2n) is 3.44. The third-order valence-corrected chi connectivity index (χ3v) is 3.04. The van der Waals surface area contributed by atoms with E-state index in [2.05, 4.69) is 15.3 Å². The predicted molar refractivity (Wildman–Crippen MR) is 65.4 cm³/mol. The summed E-state index contributed by atoms with van der Waals surface area (Å²) in [6.45, 7) is 2.23. The average molecular weight is 249 g/mol. The maximum atomic E-state index is 11.1. The fraction of sp³-hybridized carbons (Fsp3) is 0.182. The number of nitrogens with zero attached hydrogens (tertiary/aromatic N) is 2. The third kappa shape index (κ3) is 2.59. The predicted octanol–water partition coefficient (Wildman–Crippen LogP) is 2.16. The molecule has 2 aromatic rings. The van der Waals surface area contributed by atoms with Gasteiger partial charge in [0.2, 0.25) is 0 Å². The molecule has 17 heavy (non-hydrogen) atoms. The van der Waals surface area contributed by atoms with Crippen molar-refractivity contribution in [1.82, 2.24) is 9.97 Å². The first-order valence-electron chi connectivity index (χ1n) is 4.99. The number of aromatic carboxylic acids is 1. The molecule has 0 bridgehead atoms. The molecule has 0 unspecified atom stereocenters. The summed E-state index contributed by atoms with van der Waals surface area (Å²) in [5.41, 5.74) is 0.901. The van der Waals surface area contributed by atoms with Crippen LogP contribution in [0.15, 0.2) is 23.8 Å². The van der Waals surface area contributed by atoms with Crippen molar-refractivity contribution >= 4 is 23.1 Å². The van der Waals surface area contributed by atoms with Crippen LogP contribution in [-0.2, 0) is 6.54 Å². The average Bonchev–Trinajstić information content (AvgIpc) is 2.78. The maximum absolute atomic E-state index is 11.1. The van der Waals surface area contributed by atoms with E-state index < -0.39 is 5.97 Å². The normalized spacial score (nSPS) is 10.2. The van der Waals surface area contributed by atoms with Gasteiger partial charge in [0.25, 0.3) is 0 Å². The number of anilines is 1. The van der Waals surface area contributed by atoms with Gasteiger partial charge in [-0.15, -0.1) is 11.3 Å². The number of nitrogens with one attached hydrogen (secondary N) is 1. The molecule has 2 N–H and O–H groups in total. The van der Waals surface area contributed by atoms with Crippen LogP contribution >= 0.6 is 11.3 Å². The van der Waals surface area contributed by atoms with Gasteiger partial charge < -0.3 is 10.4 Å². The number of pyridine rings is 1. The second-order valence-corrected chi connectivity index (χ2v) is 4.42. The Bertz CT molecular complexity index is 526. The van der Waals surface area contributed by atoms with Crippen molar-refractivity contribution in [1.29, 1.82) is 0 Å². The van der Waals surface area contributed by atoms with E-state index in [0.717, 1.165) is 5.01 Å². The molecule has 5 nitrogen and oxygen atoms in total. The largest absolute Gasteiger partial charge is 0.478 e. The highest BCUT2D eigenvalue weighted by Gasteiger charge is 2.14. The van der Waals surface area contributed by atoms with Gasteiger partial charge >= 0.3 is 5.97 Å². The number of aryl methyl sites for hydroxylation is 1. The summed E-state index contributed by atoms with van der Waals surface area (Å²) in [4.78, 5) is 19.3. The molecule has 2 rings (SSSR count). The van der Waals surface area contributed by atoms with E-state index in [-0.39, 0.29) is 5.56 Å². The van der Waals surface area contributed by atoms with Crippen molar-refractivity contribution in [3.05, 3.63) is 40.0 Å². The number of hydrogen-bond donors (Lipinski definition) is 2. The SMILES string of the molecule is Cc1ccnc(NCc2nccs2)c1C(=O)O. The van der Waals surface area contributed by atoms with Gasteiger partial charge in [0, 0.05) is 17.8 Å². The summed E-state index contributed by atoms with van der Waals surface area (Å²) in [5, 5.41) is 14.9. The Balaban J connectivity index is 2.21. The van der Waals surface area contributed by atoms with E-state index in [1.54, 1.807) is 25.4 Å². The summed E-state index contributed by atoms with van der Waals surface area (Å²) in [6, 6.07) is 1.68. The summed E-state index contributed by atoms with van der Waals surface area (Å²) in [7, 11) is 0. The van der Waals surface area contributed by atoms with Crippen molar-refractivity contribution < 1.29 is 9.90 Å². The third-order valence-electron chi connectivity index (χ3n) is 2.26. The smallest absolute Gasteiger partial charge is 0.339 e. The molecule has 0 atom stereocenters. The van der Waals surface area contributed by atoms with Crippen LogP contribution in [-0.4, -0.2) is 21.0 Å². The van der Waals surface area contributed by atoms with Crippen molar-refractivity contribution in [2.75, 3.05) is 5.32 Å². The molecule has 0 aromatic carbocycles. The van der Waals surface area contributed by atoms with E-state index >= 15 is 0 Å². The zero-order valence-electron chi connectivity index (χ0n) is 9.17. The lowest BCUT2D eigenvalue weighted by atomic mass is 10.1. The van der Waals surface area contributed by atoms with Gasteiger partial charge in [-0.25, -0.2) is 14.8 Å². The number of rotatable bonds is 4. The minimum Gasteiger partial charge on any atom is -0.478 e. The first-order chi connectivity index (χ1) is 8.18. The molecule has 0 aliphatic carbocycles. The standard InChI is InChI=1S/C11H11N3O2S/c1-7-2-3-13-10(9(7)11(15)16)14-6-8-12-4-5-17-8/h2-5H,6H2,1H3,(H,13,14)(H,15,16). The molecule has 0 fully saturated rings. The molecule has 0 saturated carbocycles. The quantitative estimate of drug-likeness (QED) is 0.868. The Morgan fingerprint density at radius 3 is 2.94 bits per heavy atom. The molecule has 6 heteroatoms. The number of carboxylic acids is 1. The van der Waals surface area contributed by atoms with Crippen molar-refractivity contribution in [2.45, 2.75) is 13.5 Å². The number of carboxylic acid groups (broad SMARTS) is 1. The van der Waals surface area contributed by atoms with Crippen LogP contribution in [0.5, 0.6) is 0 Å². The minimum atomic E-state index is -0.975. The van der Waals surface area contributed by atoms with E-state index in [0.29, 0.717) is 17.9 Å². The Morgan fingerprint density at radius 1 is 1.47 bits per heavy atom. The first-order valence-corrected chi connectivity index (χ1v) is 5.87. The summed E-state index contributed by atoms with van der Waals surface area (Å²) in [5.74, 6) is -0.593. The highest BCUT2D eigenvalue weighted by atomic mass is 32.1. The molecular weight excluding hydrogens is 238 g/mol. The summed E-state index contributed by atoms with van der Waals surface area (Å²) < 4.78 is 0. The Labute approximate surface area is 102 Å². The lowest BCUT2D eigenvalue weighted by molar-refractivity contribution is 0.0697. The van der Waals surface area contributed by atoms with E-state index in [4.69, 9.17) is 5.11 Å². The second kappa shape index (κ2) is 4.92. The Kier molecular flexibility index (Phi) is 3.34. The van der Waals surface area contributed by atoms with Crippen LogP contribution in [0.25, 0.3) is 0 Å². The molecule has 0 aliphatic heterocycles. The molecule has 0 spiro atoms. The van der Waals surface area contributed by atoms with Crippen molar-refractivity contribution in [3.8, 4) is 0 Å². The molecular formula is C11H11N3O2S. The van der Waals surface area contributed by atoms with Gasteiger partial charge in [-0.05, 0) is 18.6 Å². The zero-order valence-corrected chi connectivity index (χ0v) is 9.99. The molecule has 0 saturated heterocycles. The molecule has 0 aliphatic rings. The van der Waals surface area contributed by atoms with Crippen LogP contribution in [0.2, 0.25) is 0 Å². The Hall–Kier alpha value is -1.95. The molecule has 0 radical (unpaired) electrons. The van der Waals surface area contributed by atoms with E-state index in [1.807, 2.05) is 5.38 Å². The number of carbonyl (C=O) groups is 1. The topological polar surface area (TPSA) is 75.1 Å². The molecule has 0 amide bonds. The monoisotopic (exact) mass is 249 g/mol. The van der Waals surface area contributed by atoms with Crippen LogP contribution in [0, 0.1) is 6.92 Å². The maximum Gasteiger partial charge on any atom is 0.339 e. The van der Waals surface area contributed by atoms with Gasteiger partial charge in [0.05, 0.1) is 6.54 Å². The Morgan fingerprint density at radius 2 is 2.29 bits per heavy atom. The van der Waals surface area contributed by atoms with Crippen molar-refractivity contribution in [2.24, 2.45) is 0 Å². The fourth-order valence-electron chi connectivity index (χ4n) is 1.46. The minimum absolute atomic E-state index is 0.212. The van der Waals surface area contributed by atoms with Crippen LogP contribution in [0.1, 0.15) is 20.9 Å². The molecule has 88 valence electrons. The number of aromatic nitrogens is 2. The zero-order chi connectivity index (χ0) is 12.3. The fourth-order valence-corrected chi connectivity index (χ4v) is 2.02. The van der Waals surface area contributed by atoms with Crippen molar-refractivity contribution in [3.63, 3.8) is 0 Å². The van der Waals surface area contributed by atoms with E-state index in [9.17, 15) is 4.79 Å². The molecule has 2 aromatic heterocycles. The van der Waals surface area contributed by atoms with Crippen LogP contribution in [0.4, 0.5) is 5.82 Å². The number of thiazole rings is 1. The summed E-state index contributed by atoms with van der Waals surface area (Å²) >= 11 is 1.51. The van der Waals surface area contributed by atoms with Gasteiger partial charge in [-0.3, -0.25) is 0 Å². The van der Waals surface area contributed by atoms with Gasteiger partial charge in [0.15, 0.2) is 0 Å². The highest BCUT2D eigenvalue weighted by molar-refractivity contribution is 7.09. The lowest BCUT2D eigenvalue weighted by Crippen LogP contribution is -2.09. The van der Waals surface area contributed by atoms with Crippen LogP contribution in [0.3, 0.4) is 0 Å². The number of hydrogen-bond acceptors (Lipinski definition) is 5. The van der Waals surface area contributed by atoms with Crippen LogP contribution < -0.4 is 5.32 Å². The van der Waals surface area contributed by atoms with E-state index in [1.165, 1.54) is 11.3 Å². The van der Waals surface area contributed by atoms with Gasteiger partial charge in [0.1, 0.15) is 16.4 Å². The van der Waals surface area contributed by atoms with Gasteiger partial charge in [-0.2, -0.15) is 0 Å². The first kappa shape index (κ1) is 11.5. The highest BCUT2D eigenvalue weighted by Crippen LogP contribution is 2.17. The summed E-state index contributed by atoms with van der Waals surface area (Å²) in [6.07, 6.45) is 3.30.